The summed E-state index contributed by atoms with van der Waals surface area (Å²) in [5.41, 5.74) is 2.07. The molecule has 0 fully saturated rings. The maximum absolute atomic E-state index is 13.4. The summed E-state index contributed by atoms with van der Waals surface area (Å²) in [5, 5.41) is 0.959. The van der Waals surface area contributed by atoms with E-state index in [4.69, 9.17) is 27.9 Å². The van der Waals surface area contributed by atoms with Gasteiger partial charge in [-0.15, -0.1) is 0 Å². The van der Waals surface area contributed by atoms with E-state index in [1.807, 2.05) is 30.3 Å². The molecule has 0 bridgehead atoms. The van der Waals surface area contributed by atoms with E-state index in [1.54, 1.807) is 31.2 Å². The van der Waals surface area contributed by atoms with Gasteiger partial charge in [-0.3, -0.25) is 9.36 Å². The average molecular weight is 459 g/mol. The third-order valence-corrected chi connectivity index (χ3v) is 6.34. The van der Waals surface area contributed by atoms with Crippen LogP contribution in [0.5, 0.6) is 0 Å². The van der Waals surface area contributed by atoms with E-state index in [0.717, 1.165) is 5.56 Å². The largest absolute Gasteiger partial charge is 0.466 e. The van der Waals surface area contributed by atoms with Crippen molar-refractivity contribution in [2.45, 2.75) is 13.0 Å². The quantitative estimate of drug-likeness (QED) is 0.561. The minimum absolute atomic E-state index is 0.257. The number of carbonyl (C=O) groups excluding carboxylic acids is 1. The molecule has 0 amide bonds. The second kappa shape index (κ2) is 8.22. The maximum atomic E-state index is 13.4. The van der Waals surface area contributed by atoms with Crippen molar-refractivity contribution in [1.29, 1.82) is 0 Å². The van der Waals surface area contributed by atoms with E-state index in [0.29, 0.717) is 36.2 Å². The Morgan fingerprint density at radius 3 is 2.60 bits per heavy atom. The molecule has 30 heavy (non-hydrogen) atoms. The molecule has 5 nitrogen and oxygen atoms in total. The molecule has 0 saturated heterocycles. The number of rotatable bonds is 3. The second-order valence-corrected chi connectivity index (χ2v) is 8.50. The minimum Gasteiger partial charge on any atom is -0.466 e. The molecule has 152 valence electrons. The standard InChI is InChI=1S/C22H16Cl2N2O3S/c1-12-18(21(28)29-2)19(13-6-4-3-5-7-13)26-20(27)17(30-22(26)25-12)10-14-8-9-15(23)11-16(14)24/h3-11,19H,1-2H3/b17-10-/t19-/m0/s1. The number of hydrogen-bond donors (Lipinski definition) is 0. The molecule has 1 atom stereocenters. The van der Waals surface area contributed by atoms with Crippen LogP contribution in [-0.4, -0.2) is 17.6 Å². The van der Waals surface area contributed by atoms with E-state index in [2.05, 4.69) is 4.99 Å². The Hall–Kier alpha value is -2.67. The van der Waals surface area contributed by atoms with Crippen molar-refractivity contribution in [1.82, 2.24) is 4.57 Å². The summed E-state index contributed by atoms with van der Waals surface area (Å²) < 4.78 is 6.98. The van der Waals surface area contributed by atoms with Crippen molar-refractivity contribution in [2.75, 3.05) is 7.11 Å². The normalized spacial score (nSPS) is 16.3. The Morgan fingerprint density at radius 1 is 1.20 bits per heavy atom. The molecule has 4 rings (SSSR count). The highest BCUT2D eigenvalue weighted by Gasteiger charge is 2.32. The van der Waals surface area contributed by atoms with E-state index < -0.39 is 12.0 Å². The highest BCUT2D eigenvalue weighted by molar-refractivity contribution is 7.07. The number of benzene rings is 2. The molecule has 1 aromatic heterocycles. The molecule has 0 unspecified atom stereocenters. The molecule has 0 N–H and O–H groups in total. The number of allylic oxidation sites excluding steroid dienone is 1. The number of fused-ring (bicyclic) bond motifs is 1. The third kappa shape index (κ3) is 3.62. The zero-order valence-corrected chi connectivity index (χ0v) is 18.4. The van der Waals surface area contributed by atoms with E-state index in [-0.39, 0.29) is 5.56 Å². The Bertz CT molecular complexity index is 1360. The minimum atomic E-state index is -0.627. The van der Waals surface area contributed by atoms with Gasteiger partial charge >= 0.3 is 5.97 Å². The van der Waals surface area contributed by atoms with E-state index in [1.165, 1.54) is 23.0 Å². The van der Waals surface area contributed by atoms with Gasteiger partial charge in [-0.1, -0.05) is 70.9 Å². The summed E-state index contributed by atoms with van der Waals surface area (Å²) in [6.07, 6.45) is 1.71. The van der Waals surface area contributed by atoms with Gasteiger partial charge in [-0.2, -0.15) is 0 Å². The van der Waals surface area contributed by atoms with Crippen molar-refractivity contribution in [3.63, 3.8) is 0 Å². The van der Waals surface area contributed by atoms with Crippen LogP contribution in [0.2, 0.25) is 10.0 Å². The van der Waals surface area contributed by atoms with Crippen molar-refractivity contribution in [3.8, 4) is 0 Å². The second-order valence-electron chi connectivity index (χ2n) is 6.65. The van der Waals surface area contributed by atoms with Crippen LogP contribution in [0, 0.1) is 0 Å². The zero-order valence-electron chi connectivity index (χ0n) is 16.1. The fourth-order valence-electron chi connectivity index (χ4n) is 3.40. The van der Waals surface area contributed by atoms with E-state index in [9.17, 15) is 9.59 Å². The first-order valence-corrected chi connectivity index (χ1v) is 10.6. The van der Waals surface area contributed by atoms with Gasteiger partial charge < -0.3 is 4.74 Å². The van der Waals surface area contributed by atoms with Gasteiger partial charge in [0.25, 0.3) is 5.56 Å². The number of methoxy groups -OCH3 is 1. The summed E-state index contributed by atoms with van der Waals surface area (Å²) in [6.45, 7) is 1.75. The van der Waals surface area contributed by atoms with Gasteiger partial charge in [0.05, 0.1) is 29.0 Å². The number of nitrogens with zero attached hydrogens (tertiary/aromatic N) is 2. The first-order chi connectivity index (χ1) is 14.4. The fourth-order valence-corrected chi connectivity index (χ4v) is 4.90. The monoisotopic (exact) mass is 458 g/mol. The highest BCUT2D eigenvalue weighted by Crippen LogP contribution is 2.30. The first kappa shape index (κ1) is 20.6. The molecule has 1 aliphatic heterocycles. The lowest BCUT2D eigenvalue weighted by Crippen LogP contribution is -2.39. The van der Waals surface area contributed by atoms with Crippen molar-refractivity contribution < 1.29 is 9.53 Å². The molecule has 0 aliphatic carbocycles. The number of esters is 1. The molecule has 0 spiro atoms. The lowest BCUT2D eigenvalue weighted by atomic mass is 9.96. The Labute approximate surface area is 186 Å². The summed E-state index contributed by atoms with van der Waals surface area (Å²) >= 11 is 13.5. The van der Waals surface area contributed by atoms with Gasteiger partial charge in [-0.05, 0) is 36.3 Å². The SMILES string of the molecule is COC(=O)C1=C(C)N=c2s/c(=C\c3ccc(Cl)cc3Cl)c(=O)n2[C@H]1c1ccccc1. The Kier molecular flexibility index (Phi) is 5.64. The third-order valence-electron chi connectivity index (χ3n) is 4.79. The molecular weight excluding hydrogens is 443 g/mol. The van der Waals surface area contributed by atoms with Crippen LogP contribution in [0.15, 0.2) is 69.6 Å². The van der Waals surface area contributed by atoms with Crippen LogP contribution in [0.25, 0.3) is 6.08 Å². The van der Waals surface area contributed by atoms with Crippen LogP contribution in [0.4, 0.5) is 0 Å². The van der Waals surface area contributed by atoms with Gasteiger partial charge in [0.2, 0.25) is 0 Å². The lowest BCUT2D eigenvalue weighted by Gasteiger charge is -2.24. The molecule has 0 radical (unpaired) electrons. The fraction of sp³-hybridized carbons (Fsp3) is 0.136. The van der Waals surface area contributed by atoms with Gasteiger partial charge in [-0.25, -0.2) is 9.79 Å². The van der Waals surface area contributed by atoms with Gasteiger partial charge in [0, 0.05) is 10.0 Å². The smallest absolute Gasteiger partial charge is 0.338 e. The highest BCUT2D eigenvalue weighted by atomic mass is 35.5. The molecule has 3 aromatic rings. The van der Waals surface area contributed by atoms with Crippen LogP contribution in [0.1, 0.15) is 24.1 Å². The lowest BCUT2D eigenvalue weighted by molar-refractivity contribution is -0.136. The molecule has 1 aliphatic rings. The predicted molar refractivity (Wildman–Crippen MR) is 119 cm³/mol. The van der Waals surface area contributed by atoms with Crippen LogP contribution < -0.4 is 14.9 Å². The topological polar surface area (TPSA) is 60.7 Å². The molecule has 8 heteroatoms. The van der Waals surface area contributed by atoms with Crippen LogP contribution in [0.3, 0.4) is 0 Å². The number of aromatic nitrogens is 1. The van der Waals surface area contributed by atoms with Crippen molar-refractivity contribution in [3.05, 3.63) is 101 Å². The van der Waals surface area contributed by atoms with Crippen molar-refractivity contribution >= 4 is 46.6 Å². The number of halogens is 2. The zero-order chi connectivity index (χ0) is 21.4. The molecule has 0 saturated carbocycles. The van der Waals surface area contributed by atoms with Gasteiger partial charge in [0.15, 0.2) is 4.80 Å². The number of ether oxygens (including phenoxy) is 1. The van der Waals surface area contributed by atoms with Crippen LogP contribution >= 0.6 is 34.5 Å². The predicted octanol–water partition coefficient (Wildman–Crippen LogP) is 3.72. The Morgan fingerprint density at radius 2 is 1.93 bits per heavy atom. The summed E-state index contributed by atoms with van der Waals surface area (Å²) in [4.78, 5) is 31.0. The number of carbonyl (C=O) groups is 1. The molecule has 2 heterocycles. The first-order valence-electron chi connectivity index (χ1n) is 9.01. The molecular formula is C22H16Cl2N2O3S. The summed E-state index contributed by atoms with van der Waals surface area (Å²) in [6, 6.07) is 13.8. The summed E-state index contributed by atoms with van der Waals surface area (Å²) in [7, 11) is 1.32. The summed E-state index contributed by atoms with van der Waals surface area (Å²) in [5.74, 6) is -0.514. The molecule has 2 aromatic carbocycles. The number of hydrogen-bond acceptors (Lipinski definition) is 5. The van der Waals surface area contributed by atoms with Crippen molar-refractivity contribution in [2.24, 2.45) is 4.99 Å². The van der Waals surface area contributed by atoms with E-state index >= 15 is 0 Å². The number of thiazole rings is 1. The maximum Gasteiger partial charge on any atom is 0.338 e. The van der Waals surface area contributed by atoms with Crippen LogP contribution in [-0.2, 0) is 9.53 Å². The van der Waals surface area contributed by atoms with Gasteiger partial charge in [0.1, 0.15) is 0 Å². The average Bonchev–Trinajstić information content (AvgIpc) is 3.04. The Balaban J connectivity index is 1.98.